The molecule has 3 heterocycles. The number of hydrogen-bond donors (Lipinski definition) is 1. The number of aromatic nitrogens is 3. The summed E-state index contributed by atoms with van der Waals surface area (Å²) in [6, 6.07) is 3.33. The van der Waals surface area contributed by atoms with Crippen LogP contribution in [0.1, 0.15) is 10.5 Å². The molecule has 3 rings (SSSR count). The van der Waals surface area contributed by atoms with Crippen LogP contribution < -0.4 is 10.9 Å². The average molecular weight is 396 g/mol. The summed E-state index contributed by atoms with van der Waals surface area (Å²) in [6.07, 6.45) is 1.68. The van der Waals surface area contributed by atoms with Crippen LogP contribution in [0.4, 0.5) is 11.5 Å². The molecule has 1 saturated heterocycles. The lowest BCUT2D eigenvalue weighted by Gasteiger charge is -2.26. The standard InChI is InChI=1S/C15H18BrN5O3/c1-19-9-10(16)7-11(14(19)22)17-13-8-12(20(2)18-13)15(23)21-3-5-24-6-4-21/h7-9H,3-6H2,1-2H3,(H,17,18). The molecule has 2 aromatic rings. The van der Waals surface area contributed by atoms with Crippen LogP contribution in [0, 0.1) is 0 Å². The number of morpholine rings is 1. The Morgan fingerprint density at radius 3 is 2.71 bits per heavy atom. The topological polar surface area (TPSA) is 81.4 Å². The SMILES string of the molecule is Cn1nc(Nc2cc(Br)cn(C)c2=O)cc1C(=O)N1CCOCC1. The van der Waals surface area contributed by atoms with Gasteiger partial charge in [0.15, 0.2) is 5.82 Å². The summed E-state index contributed by atoms with van der Waals surface area (Å²) >= 11 is 3.36. The molecule has 1 fully saturated rings. The Morgan fingerprint density at radius 1 is 1.29 bits per heavy atom. The smallest absolute Gasteiger partial charge is 0.274 e. The van der Waals surface area contributed by atoms with Crippen LogP contribution >= 0.6 is 15.9 Å². The monoisotopic (exact) mass is 395 g/mol. The third-order valence-corrected chi connectivity index (χ3v) is 4.24. The van der Waals surface area contributed by atoms with Crippen LogP contribution in [-0.4, -0.2) is 51.5 Å². The highest BCUT2D eigenvalue weighted by Crippen LogP contribution is 2.18. The lowest BCUT2D eigenvalue weighted by Crippen LogP contribution is -2.41. The van der Waals surface area contributed by atoms with Crippen molar-refractivity contribution in [2.24, 2.45) is 14.1 Å². The number of aryl methyl sites for hydroxylation is 2. The molecular weight excluding hydrogens is 378 g/mol. The van der Waals surface area contributed by atoms with E-state index in [-0.39, 0.29) is 11.5 Å². The van der Waals surface area contributed by atoms with Gasteiger partial charge >= 0.3 is 0 Å². The van der Waals surface area contributed by atoms with E-state index in [1.165, 1.54) is 9.25 Å². The molecule has 0 aromatic carbocycles. The molecule has 0 saturated carbocycles. The fourth-order valence-electron chi connectivity index (χ4n) is 2.55. The second-order valence-corrected chi connectivity index (χ2v) is 6.47. The van der Waals surface area contributed by atoms with E-state index in [1.54, 1.807) is 37.3 Å². The van der Waals surface area contributed by atoms with Crippen LogP contribution in [0.3, 0.4) is 0 Å². The lowest BCUT2D eigenvalue weighted by atomic mass is 10.3. The quantitative estimate of drug-likeness (QED) is 0.841. The van der Waals surface area contributed by atoms with Crippen LogP contribution in [0.5, 0.6) is 0 Å². The molecule has 2 aromatic heterocycles. The maximum absolute atomic E-state index is 12.6. The summed E-state index contributed by atoms with van der Waals surface area (Å²) in [4.78, 5) is 26.5. The largest absolute Gasteiger partial charge is 0.378 e. The van der Waals surface area contributed by atoms with E-state index in [4.69, 9.17) is 4.74 Å². The summed E-state index contributed by atoms with van der Waals surface area (Å²) in [5, 5.41) is 7.27. The number of carbonyl (C=O) groups excluding carboxylic acids is 1. The third-order valence-electron chi connectivity index (χ3n) is 3.81. The zero-order valence-electron chi connectivity index (χ0n) is 13.5. The Bertz CT molecular complexity index is 823. The molecule has 9 heteroatoms. The molecule has 24 heavy (non-hydrogen) atoms. The fraction of sp³-hybridized carbons (Fsp3) is 0.400. The predicted molar refractivity (Wildman–Crippen MR) is 92.6 cm³/mol. The first kappa shape index (κ1) is 16.7. The molecule has 0 spiro atoms. The number of halogens is 1. The highest BCUT2D eigenvalue weighted by Gasteiger charge is 2.22. The Morgan fingerprint density at radius 2 is 2.00 bits per heavy atom. The summed E-state index contributed by atoms with van der Waals surface area (Å²) < 4.78 is 9.02. The van der Waals surface area contributed by atoms with Crippen molar-refractivity contribution in [2.75, 3.05) is 31.6 Å². The van der Waals surface area contributed by atoms with Crippen LogP contribution in [0.2, 0.25) is 0 Å². The number of ether oxygens (including phenoxy) is 1. The normalized spacial score (nSPS) is 14.7. The van der Waals surface area contributed by atoms with E-state index in [1.807, 2.05) is 0 Å². The maximum Gasteiger partial charge on any atom is 0.274 e. The average Bonchev–Trinajstić information content (AvgIpc) is 2.92. The first-order valence-corrected chi connectivity index (χ1v) is 8.29. The van der Waals surface area contributed by atoms with Gasteiger partial charge in [0.2, 0.25) is 0 Å². The van der Waals surface area contributed by atoms with Gasteiger partial charge in [0.25, 0.3) is 11.5 Å². The third kappa shape index (κ3) is 3.36. The van der Waals surface area contributed by atoms with Gasteiger partial charge in [-0.1, -0.05) is 0 Å². The van der Waals surface area contributed by atoms with Crippen molar-refractivity contribution in [1.29, 1.82) is 0 Å². The Hall–Kier alpha value is -2.13. The van der Waals surface area contributed by atoms with Crippen molar-refractivity contribution in [3.8, 4) is 0 Å². The number of amides is 1. The Labute approximate surface area is 147 Å². The van der Waals surface area contributed by atoms with Crippen LogP contribution in [-0.2, 0) is 18.8 Å². The van der Waals surface area contributed by atoms with Gasteiger partial charge in [0.1, 0.15) is 11.4 Å². The molecule has 0 unspecified atom stereocenters. The fourth-order valence-corrected chi connectivity index (χ4v) is 3.09. The second-order valence-electron chi connectivity index (χ2n) is 5.56. The molecule has 1 N–H and O–H groups in total. The first-order valence-electron chi connectivity index (χ1n) is 7.50. The number of hydrogen-bond acceptors (Lipinski definition) is 5. The molecular formula is C15H18BrN5O3. The van der Waals surface area contributed by atoms with Gasteiger partial charge in [-0.25, -0.2) is 0 Å². The zero-order valence-corrected chi connectivity index (χ0v) is 15.0. The molecule has 1 aliphatic rings. The highest BCUT2D eigenvalue weighted by atomic mass is 79.9. The van der Waals surface area contributed by atoms with Crippen molar-refractivity contribution in [1.82, 2.24) is 19.2 Å². The maximum atomic E-state index is 12.6. The summed E-state index contributed by atoms with van der Waals surface area (Å²) in [6.45, 7) is 2.23. The molecule has 1 aliphatic heterocycles. The number of pyridine rings is 1. The van der Waals surface area contributed by atoms with Gasteiger partial charge in [0.05, 0.1) is 13.2 Å². The van der Waals surface area contributed by atoms with Gasteiger partial charge in [-0.3, -0.25) is 14.3 Å². The molecule has 0 aliphatic carbocycles. The first-order chi connectivity index (χ1) is 11.5. The number of anilines is 2. The van der Waals surface area contributed by atoms with E-state index in [2.05, 4.69) is 26.3 Å². The number of rotatable bonds is 3. The minimum atomic E-state index is -0.176. The molecule has 0 radical (unpaired) electrons. The minimum absolute atomic E-state index is 0.0940. The predicted octanol–water partition coefficient (Wildman–Crippen LogP) is 1.10. The van der Waals surface area contributed by atoms with Crippen molar-refractivity contribution in [2.45, 2.75) is 0 Å². The zero-order chi connectivity index (χ0) is 17.3. The molecule has 1 amide bonds. The van der Waals surface area contributed by atoms with E-state index in [0.717, 1.165) is 4.47 Å². The highest BCUT2D eigenvalue weighted by molar-refractivity contribution is 9.10. The Balaban J connectivity index is 1.84. The molecule has 0 bridgehead atoms. The lowest BCUT2D eigenvalue weighted by molar-refractivity contribution is 0.0295. The van der Waals surface area contributed by atoms with Crippen molar-refractivity contribution >= 4 is 33.3 Å². The number of nitrogens with zero attached hydrogens (tertiary/aromatic N) is 4. The van der Waals surface area contributed by atoms with Crippen molar-refractivity contribution in [3.63, 3.8) is 0 Å². The molecule has 128 valence electrons. The number of nitrogens with one attached hydrogen (secondary N) is 1. The van der Waals surface area contributed by atoms with Gasteiger partial charge < -0.3 is 19.5 Å². The van der Waals surface area contributed by atoms with Gasteiger partial charge in [-0.2, -0.15) is 5.10 Å². The van der Waals surface area contributed by atoms with E-state index in [0.29, 0.717) is 43.5 Å². The van der Waals surface area contributed by atoms with E-state index >= 15 is 0 Å². The van der Waals surface area contributed by atoms with E-state index < -0.39 is 0 Å². The minimum Gasteiger partial charge on any atom is -0.378 e. The van der Waals surface area contributed by atoms with E-state index in [9.17, 15) is 9.59 Å². The van der Waals surface area contributed by atoms with Gasteiger partial charge in [-0.15, -0.1) is 0 Å². The van der Waals surface area contributed by atoms with Gasteiger partial charge in [0, 0.05) is 43.9 Å². The number of carbonyl (C=O) groups is 1. The summed E-state index contributed by atoms with van der Waals surface area (Å²) in [7, 11) is 3.38. The van der Waals surface area contributed by atoms with Crippen molar-refractivity contribution < 1.29 is 9.53 Å². The Kier molecular flexibility index (Phi) is 4.72. The molecule has 8 nitrogen and oxygen atoms in total. The second kappa shape index (κ2) is 6.78. The summed E-state index contributed by atoms with van der Waals surface area (Å²) in [5.41, 5.74) is 0.673. The van der Waals surface area contributed by atoms with Crippen molar-refractivity contribution in [3.05, 3.63) is 38.9 Å². The van der Waals surface area contributed by atoms with Crippen LogP contribution in [0.25, 0.3) is 0 Å². The summed E-state index contributed by atoms with van der Waals surface area (Å²) in [5.74, 6) is 0.354. The van der Waals surface area contributed by atoms with Crippen LogP contribution in [0.15, 0.2) is 27.6 Å². The molecule has 0 atom stereocenters. The van der Waals surface area contributed by atoms with Gasteiger partial charge in [-0.05, 0) is 22.0 Å².